The normalized spacial score (nSPS) is 27.1. The molecule has 3 unspecified atom stereocenters. The van der Waals surface area contributed by atoms with Crippen molar-refractivity contribution in [3.05, 3.63) is 29.8 Å². The fourth-order valence-corrected chi connectivity index (χ4v) is 3.54. The smallest absolute Gasteiger partial charge is 0.227 e. The Bertz CT molecular complexity index is 492. The molecule has 0 aromatic heterocycles. The van der Waals surface area contributed by atoms with Gasteiger partial charge in [0.2, 0.25) is 5.91 Å². The lowest BCUT2D eigenvalue weighted by Gasteiger charge is -2.18. The zero-order valence-electron chi connectivity index (χ0n) is 12.3. The van der Waals surface area contributed by atoms with Crippen molar-refractivity contribution in [3.63, 3.8) is 0 Å². The van der Waals surface area contributed by atoms with Gasteiger partial charge in [0.1, 0.15) is 5.75 Å². The van der Waals surface area contributed by atoms with Crippen LogP contribution in [0.15, 0.2) is 24.3 Å². The van der Waals surface area contributed by atoms with Crippen LogP contribution in [0.1, 0.15) is 18.4 Å². The van der Waals surface area contributed by atoms with Crippen LogP contribution in [0.2, 0.25) is 0 Å². The molecule has 1 saturated heterocycles. The Morgan fingerprint density at radius 2 is 2.00 bits per heavy atom. The number of rotatable bonds is 3. The molecule has 116 valence electrons. The Hall–Kier alpha value is -1.26. The van der Waals surface area contributed by atoms with E-state index in [4.69, 9.17) is 10.5 Å². The van der Waals surface area contributed by atoms with Crippen LogP contribution in [-0.2, 0) is 11.2 Å². The van der Waals surface area contributed by atoms with Gasteiger partial charge in [-0.05, 0) is 42.4 Å². The second kappa shape index (κ2) is 6.67. The van der Waals surface area contributed by atoms with E-state index in [0.717, 1.165) is 30.8 Å². The van der Waals surface area contributed by atoms with E-state index in [9.17, 15) is 4.79 Å². The molecule has 4 nitrogen and oxygen atoms in total. The Kier molecular flexibility index (Phi) is 5.12. The average Bonchev–Trinajstić information content (AvgIpc) is 3.02. The number of benzene rings is 1. The highest BCUT2D eigenvalue weighted by molar-refractivity contribution is 5.85. The van der Waals surface area contributed by atoms with Crippen molar-refractivity contribution >= 4 is 18.3 Å². The standard InChI is InChI=1S/C16H22N2O2.ClH/c1-20-13-5-2-11(3-6-13)8-16(19)18-9-12-4-7-15(17)14(12)10-18;/h2-3,5-6,12,14-15H,4,7-10,17H2,1H3;1H. The summed E-state index contributed by atoms with van der Waals surface area (Å²) in [6, 6.07) is 8.01. The van der Waals surface area contributed by atoms with Crippen molar-refractivity contribution in [1.82, 2.24) is 4.90 Å². The number of methoxy groups -OCH3 is 1. The fraction of sp³-hybridized carbons (Fsp3) is 0.562. The molecule has 21 heavy (non-hydrogen) atoms. The van der Waals surface area contributed by atoms with E-state index in [1.807, 2.05) is 29.2 Å². The molecule has 2 fully saturated rings. The van der Waals surface area contributed by atoms with Crippen LogP contribution in [0.4, 0.5) is 0 Å². The quantitative estimate of drug-likeness (QED) is 0.927. The van der Waals surface area contributed by atoms with Gasteiger partial charge in [-0.15, -0.1) is 12.4 Å². The molecule has 1 heterocycles. The molecule has 3 rings (SSSR count). The Morgan fingerprint density at radius 3 is 2.62 bits per heavy atom. The second-order valence-corrected chi connectivity index (χ2v) is 5.99. The molecule has 5 heteroatoms. The third kappa shape index (κ3) is 3.33. The lowest BCUT2D eigenvalue weighted by Crippen LogP contribution is -2.34. The maximum absolute atomic E-state index is 12.4. The first-order chi connectivity index (χ1) is 9.67. The molecule has 1 aromatic rings. The van der Waals surface area contributed by atoms with Crippen molar-refractivity contribution in [1.29, 1.82) is 0 Å². The zero-order chi connectivity index (χ0) is 14.1. The lowest BCUT2D eigenvalue weighted by atomic mass is 9.98. The molecule has 1 amide bonds. The molecule has 0 radical (unpaired) electrons. The van der Waals surface area contributed by atoms with Gasteiger partial charge in [0.05, 0.1) is 13.5 Å². The number of carbonyl (C=O) groups excluding carboxylic acids is 1. The monoisotopic (exact) mass is 310 g/mol. The topological polar surface area (TPSA) is 55.6 Å². The summed E-state index contributed by atoms with van der Waals surface area (Å²) in [6.07, 6.45) is 2.77. The Balaban J connectivity index is 0.00000161. The predicted molar refractivity (Wildman–Crippen MR) is 84.7 cm³/mol. The Morgan fingerprint density at radius 1 is 1.29 bits per heavy atom. The van der Waals surface area contributed by atoms with Gasteiger partial charge in [-0.2, -0.15) is 0 Å². The van der Waals surface area contributed by atoms with Gasteiger partial charge >= 0.3 is 0 Å². The summed E-state index contributed by atoms with van der Waals surface area (Å²) in [7, 11) is 1.65. The average molecular weight is 311 g/mol. The zero-order valence-corrected chi connectivity index (χ0v) is 13.1. The van der Waals surface area contributed by atoms with E-state index in [-0.39, 0.29) is 18.3 Å². The molecule has 2 N–H and O–H groups in total. The first kappa shape index (κ1) is 16.1. The summed E-state index contributed by atoms with van der Waals surface area (Å²) in [4.78, 5) is 14.4. The van der Waals surface area contributed by atoms with E-state index in [1.165, 1.54) is 6.42 Å². The minimum Gasteiger partial charge on any atom is -0.497 e. The van der Waals surface area contributed by atoms with Crippen molar-refractivity contribution in [3.8, 4) is 5.75 Å². The third-order valence-corrected chi connectivity index (χ3v) is 4.78. The van der Waals surface area contributed by atoms with Gasteiger partial charge in [-0.25, -0.2) is 0 Å². The van der Waals surface area contributed by atoms with Gasteiger partial charge in [-0.1, -0.05) is 12.1 Å². The van der Waals surface area contributed by atoms with Crippen molar-refractivity contribution in [2.24, 2.45) is 17.6 Å². The lowest BCUT2D eigenvalue weighted by molar-refractivity contribution is -0.129. The van der Waals surface area contributed by atoms with Crippen LogP contribution in [0.5, 0.6) is 5.75 Å². The highest BCUT2D eigenvalue weighted by atomic mass is 35.5. The number of ether oxygens (including phenoxy) is 1. The van der Waals surface area contributed by atoms with Crippen LogP contribution in [0.3, 0.4) is 0 Å². The highest BCUT2D eigenvalue weighted by Crippen LogP contribution is 2.37. The first-order valence-electron chi connectivity index (χ1n) is 7.33. The van der Waals surface area contributed by atoms with E-state index in [0.29, 0.717) is 24.3 Å². The molecule has 1 aliphatic carbocycles. The van der Waals surface area contributed by atoms with Crippen LogP contribution in [-0.4, -0.2) is 37.0 Å². The van der Waals surface area contributed by atoms with Crippen molar-refractivity contribution < 1.29 is 9.53 Å². The van der Waals surface area contributed by atoms with Gasteiger partial charge < -0.3 is 15.4 Å². The number of likely N-dealkylation sites (tertiary alicyclic amines) is 1. The number of halogens is 1. The molecular formula is C16H23ClN2O2. The summed E-state index contributed by atoms with van der Waals surface area (Å²) in [5, 5.41) is 0. The first-order valence-corrected chi connectivity index (χ1v) is 7.33. The van der Waals surface area contributed by atoms with Gasteiger partial charge in [0.25, 0.3) is 0 Å². The molecule has 3 atom stereocenters. The van der Waals surface area contributed by atoms with Gasteiger partial charge in [0, 0.05) is 19.1 Å². The number of nitrogens with two attached hydrogens (primary N) is 1. The van der Waals surface area contributed by atoms with Crippen LogP contribution < -0.4 is 10.5 Å². The van der Waals surface area contributed by atoms with E-state index >= 15 is 0 Å². The molecular weight excluding hydrogens is 288 g/mol. The SMILES string of the molecule is COc1ccc(CC(=O)N2CC3CCC(N)C3C2)cc1.Cl. The molecule has 1 aromatic carbocycles. The molecule has 2 aliphatic rings. The number of hydrogen-bond donors (Lipinski definition) is 1. The van der Waals surface area contributed by atoms with Crippen molar-refractivity contribution in [2.45, 2.75) is 25.3 Å². The minimum absolute atomic E-state index is 0. The number of carbonyl (C=O) groups is 1. The minimum atomic E-state index is 0. The largest absolute Gasteiger partial charge is 0.497 e. The second-order valence-electron chi connectivity index (χ2n) is 5.99. The number of nitrogens with zero attached hydrogens (tertiary/aromatic N) is 1. The van der Waals surface area contributed by atoms with Gasteiger partial charge in [-0.3, -0.25) is 4.79 Å². The van der Waals surface area contributed by atoms with Crippen LogP contribution >= 0.6 is 12.4 Å². The van der Waals surface area contributed by atoms with Crippen molar-refractivity contribution in [2.75, 3.05) is 20.2 Å². The summed E-state index contributed by atoms with van der Waals surface area (Å²) in [5.41, 5.74) is 7.15. The summed E-state index contributed by atoms with van der Waals surface area (Å²) >= 11 is 0. The Labute approximate surface area is 132 Å². The van der Waals surface area contributed by atoms with E-state index in [1.54, 1.807) is 7.11 Å². The number of hydrogen-bond acceptors (Lipinski definition) is 3. The number of amides is 1. The molecule has 1 aliphatic heterocycles. The summed E-state index contributed by atoms with van der Waals surface area (Å²) in [5.74, 6) is 2.19. The summed E-state index contributed by atoms with van der Waals surface area (Å²) < 4.78 is 5.13. The molecule has 1 saturated carbocycles. The maximum Gasteiger partial charge on any atom is 0.227 e. The van der Waals surface area contributed by atoms with Crippen LogP contribution in [0.25, 0.3) is 0 Å². The molecule has 0 bridgehead atoms. The maximum atomic E-state index is 12.4. The fourth-order valence-electron chi connectivity index (χ4n) is 3.54. The number of fused-ring (bicyclic) bond motifs is 1. The van der Waals surface area contributed by atoms with Crippen LogP contribution in [0, 0.1) is 11.8 Å². The summed E-state index contributed by atoms with van der Waals surface area (Å²) in [6.45, 7) is 1.74. The molecule has 0 spiro atoms. The predicted octanol–water partition coefficient (Wildman–Crippen LogP) is 1.86. The highest BCUT2D eigenvalue weighted by Gasteiger charge is 2.42. The van der Waals surface area contributed by atoms with E-state index in [2.05, 4.69) is 0 Å². The van der Waals surface area contributed by atoms with Gasteiger partial charge in [0.15, 0.2) is 0 Å². The van der Waals surface area contributed by atoms with E-state index < -0.39 is 0 Å². The third-order valence-electron chi connectivity index (χ3n) is 4.78.